The van der Waals surface area contributed by atoms with Gasteiger partial charge in [0.25, 0.3) is 0 Å². The van der Waals surface area contributed by atoms with Crippen LogP contribution in [-0.2, 0) is 5.41 Å². The van der Waals surface area contributed by atoms with Crippen LogP contribution in [0.1, 0.15) is 25.0 Å². The lowest BCUT2D eigenvalue weighted by Crippen LogP contribution is -2.14. The molecule has 1 aliphatic rings. The lowest BCUT2D eigenvalue weighted by molar-refractivity contribution is 0.660. The average Bonchev–Trinajstić information content (AvgIpc) is 3.55. The Bertz CT molecular complexity index is 3230. The normalized spacial score (nSPS) is 12.7. The molecule has 278 valence electrons. The Labute approximate surface area is 342 Å². The molecule has 0 fully saturated rings. The minimum absolute atomic E-state index is 0.142. The van der Waals surface area contributed by atoms with Crippen molar-refractivity contribution >= 4 is 21.8 Å². The Balaban J connectivity index is 0.993. The zero-order chi connectivity index (χ0) is 39.5. The van der Waals surface area contributed by atoms with Crippen LogP contribution in [0.15, 0.2) is 188 Å². The van der Waals surface area contributed by atoms with Gasteiger partial charge >= 0.3 is 0 Å². The Morgan fingerprint density at radius 3 is 1.66 bits per heavy atom. The number of aromatic nitrogens is 5. The molecule has 0 unspecified atom stereocenters. The molecule has 5 nitrogen and oxygen atoms in total. The summed E-state index contributed by atoms with van der Waals surface area (Å²) in [7, 11) is 0. The van der Waals surface area contributed by atoms with Gasteiger partial charge in [-0.25, -0.2) is 19.9 Å². The third kappa shape index (κ3) is 5.98. The van der Waals surface area contributed by atoms with E-state index in [0.29, 0.717) is 17.5 Å². The quantitative estimate of drug-likeness (QED) is 0.158. The molecule has 3 heterocycles. The first kappa shape index (κ1) is 34.6. The largest absolute Gasteiger partial charge is 0.254 e. The summed E-state index contributed by atoms with van der Waals surface area (Å²) in [5.74, 6) is 1.92. The molecular weight excluding hydrogens is 719 g/mol. The van der Waals surface area contributed by atoms with Crippen LogP contribution in [0.2, 0.25) is 0 Å². The molecule has 11 rings (SSSR count). The van der Waals surface area contributed by atoms with Crippen molar-refractivity contribution in [2.24, 2.45) is 0 Å². The molecule has 0 aliphatic heterocycles. The van der Waals surface area contributed by atoms with E-state index >= 15 is 0 Å². The number of benzene rings is 7. The number of nitrogens with zero attached hydrogens (tertiary/aromatic N) is 5. The molecule has 0 atom stereocenters. The van der Waals surface area contributed by atoms with Crippen molar-refractivity contribution in [3.63, 3.8) is 0 Å². The van der Waals surface area contributed by atoms with Gasteiger partial charge in [-0.1, -0.05) is 178 Å². The standard InChI is InChI=1S/C54H37N5/c1-54(2)45-18-7-6-16-43(45)48-44(17-9-19-46(48)54)53-58-51(39-26-20-35(21-27-39)34-11-4-3-5-12-34)57-52(59-53)40-28-22-36(23-29-40)41-13-8-14-42(33-41)47-31-30-38-25-24-37-15-10-32-55-49(37)50(38)56-47/h3-33H,1-2H3. The fourth-order valence-electron chi connectivity index (χ4n) is 8.69. The van der Waals surface area contributed by atoms with Gasteiger partial charge in [0.2, 0.25) is 0 Å². The molecule has 1 aliphatic carbocycles. The topological polar surface area (TPSA) is 64.5 Å². The minimum Gasteiger partial charge on any atom is -0.254 e. The molecule has 0 amide bonds. The third-order valence-electron chi connectivity index (χ3n) is 11.8. The summed E-state index contributed by atoms with van der Waals surface area (Å²) in [5, 5.41) is 2.16. The second kappa shape index (κ2) is 13.8. The number of rotatable bonds is 6. The molecule has 0 saturated heterocycles. The SMILES string of the molecule is CC1(C)c2ccccc2-c2c(-c3nc(-c4ccc(-c5ccccc5)cc4)nc(-c4ccc(-c5cccc(-c6ccc7ccc8cccnc8c7n6)c5)cc4)n3)cccc21. The summed E-state index contributed by atoms with van der Waals surface area (Å²) < 4.78 is 0. The molecule has 3 aromatic heterocycles. The Morgan fingerprint density at radius 1 is 0.356 bits per heavy atom. The predicted molar refractivity (Wildman–Crippen MR) is 241 cm³/mol. The van der Waals surface area contributed by atoms with Gasteiger partial charge in [-0.3, -0.25) is 4.98 Å². The summed E-state index contributed by atoms with van der Waals surface area (Å²) >= 11 is 0. The van der Waals surface area contributed by atoms with Crippen LogP contribution in [0.4, 0.5) is 0 Å². The Morgan fingerprint density at radius 2 is 0.898 bits per heavy atom. The van der Waals surface area contributed by atoms with Gasteiger partial charge in [0, 0.05) is 44.6 Å². The van der Waals surface area contributed by atoms with E-state index in [1.165, 1.54) is 27.8 Å². The van der Waals surface area contributed by atoms with Crippen molar-refractivity contribution in [1.29, 1.82) is 0 Å². The first-order chi connectivity index (χ1) is 29.0. The molecule has 59 heavy (non-hydrogen) atoms. The maximum atomic E-state index is 5.23. The smallest absolute Gasteiger partial charge is 0.164 e. The van der Waals surface area contributed by atoms with Crippen LogP contribution >= 0.6 is 0 Å². The highest BCUT2D eigenvalue weighted by Gasteiger charge is 2.37. The summed E-state index contributed by atoms with van der Waals surface area (Å²) in [6, 6.07) is 63.7. The van der Waals surface area contributed by atoms with Gasteiger partial charge in [-0.05, 0) is 62.7 Å². The van der Waals surface area contributed by atoms with Crippen LogP contribution in [-0.4, -0.2) is 24.9 Å². The molecule has 0 bridgehead atoms. The molecular formula is C54H37N5. The van der Waals surface area contributed by atoms with Crippen LogP contribution in [0, 0.1) is 0 Å². The maximum Gasteiger partial charge on any atom is 0.164 e. The highest BCUT2D eigenvalue weighted by Crippen LogP contribution is 2.51. The second-order valence-corrected chi connectivity index (χ2v) is 15.7. The predicted octanol–water partition coefficient (Wildman–Crippen LogP) is 13.3. The number of hydrogen-bond donors (Lipinski definition) is 0. The van der Waals surface area contributed by atoms with Crippen molar-refractivity contribution < 1.29 is 0 Å². The first-order valence-electron chi connectivity index (χ1n) is 20.0. The van der Waals surface area contributed by atoms with Crippen molar-refractivity contribution in [1.82, 2.24) is 24.9 Å². The molecule has 10 aromatic rings. The summed E-state index contributed by atoms with van der Waals surface area (Å²) in [5.41, 5.74) is 16.0. The van der Waals surface area contributed by atoms with Crippen molar-refractivity contribution in [3.8, 4) is 78.8 Å². The van der Waals surface area contributed by atoms with Gasteiger partial charge in [0.1, 0.15) is 0 Å². The van der Waals surface area contributed by atoms with E-state index in [9.17, 15) is 0 Å². The minimum atomic E-state index is -0.142. The first-order valence-corrected chi connectivity index (χ1v) is 20.0. The molecule has 7 aromatic carbocycles. The van der Waals surface area contributed by atoms with E-state index in [0.717, 1.165) is 66.4 Å². The van der Waals surface area contributed by atoms with E-state index in [4.69, 9.17) is 19.9 Å². The molecule has 5 heteroatoms. The van der Waals surface area contributed by atoms with Crippen molar-refractivity contribution in [3.05, 3.63) is 199 Å². The fourth-order valence-corrected chi connectivity index (χ4v) is 8.69. The highest BCUT2D eigenvalue weighted by molar-refractivity contribution is 6.03. The summed E-state index contributed by atoms with van der Waals surface area (Å²) in [6.45, 7) is 4.60. The van der Waals surface area contributed by atoms with Gasteiger partial charge in [-0.15, -0.1) is 0 Å². The summed E-state index contributed by atoms with van der Waals surface area (Å²) in [4.78, 5) is 25.3. The van der Waals surface area contributed by atoms with Crippen LogP contribution < -0.4 is 0 Å². The average molecular weight is 756 g/mol. The lowest BCUT2D eigenvalue weighted by Gasteiger charge is -2.21. The molecule has 0 N–H and O–H groups in total. The zero-order valence-corrected chi connectivity index (χ0v) is 32.6. The number of fused-ring (bicyclic) bond motifs is 6. The third-order valence-corrected chi connectivity index (χ3v) is 11.8. The van der Waals surface area contributed by atoms with E-state index in [1.807, 2.05) is 18.3 Å². The fraction of sp³-hybridized carbons (Fsp3) is 0.0556. The van der Waals surface area contributed by atoms with Gasteiger partial charge in [0.15, 0.2) is 17.5 Å². The van der Waals surface area contributed by atoms with Crippen molar-refractivity contribution in [2.75, 3.05) is 0 Å². The monoisotopic (exact) mass is 755 g/mol. The van der Waals surface area contributed by atoms with Crippen molar-refractivity contribution in [2.45, 2.75) is 19.3 Å². The lowest BCUT2D eigenvalue weighted by atomic mass is 9.82. The molecule has 0 radical (unpaired) electrons. The van der Waals surface area contributed by atoms with E-state index in [2.05, 4.69) is 189 Å². The van der Waals surface area contributed by atoms with E-state index < -0.39 is 0 Å². The van der Waals surface area contributed by atoms with Gasteiger partial charge in [0.05, 0.1) is 16.7 Å². The number of pyridine rings is 2. The van der Waals surface area contributed by atoms with Crippen LogP contribution in [0.5, 0.6) is 0 Å². The maximum absolute atomic E-state index is 5.23. The summed E-state index contributed by atoms with van der Waals surface area (Å²) in [6.07, 6.45) is 1.83. The molecule has 0 saturated carbocycles. The van der Waals surface area contributed by atoms with Gasteiger partial charge in [-0.2, -0.15) is 0 Å². The van der Waals surface area contributed by atoms with E-state index in [-0.39, 0.29) is 5.41 Å². The van der Waals surface area contributed by atoms with Gasteiger partial charge < -0.3 is 0 Å². The second-order valence-electron chi connectivity index (χ2n) is 15.7. The molecule has 0 spiro atoms. The Kier molecular flexibility index (Phi) is 8.09. The van der Waals surface area contributed by atoms with E-state index in [1.54, 1.807) is 0 Å². The van der Waals surface area contributed by atoms with Crippen LogP contribution in [0.3, 0.4) is 0 Å². The zero-order valence-electron chi connectivity index (χ0n) is 32.6. The Hall–Kier alpha value is -7.63. The van der Waals surface area contributed by atoms with Crippen LogP contribution in [0.25, 0.3) is 101 Å². The number of hydrogen-bond acceptors (Lipinski definition) is 5. The highest BCUT2D eigenvalue weighted by atomic mass is 15.0.